The van der Waals surface area contributed by atoms with Crippen LogP contribution in [0.4, 0.5) is 0 Å². The first-order valence-corrected chi connectivity index (χ1v) is 6.01. The van der Waals surface area contributed by atoms with Gasteiger partial charge in [0.1, 0.15) is 5.76 Å². The van der Waals surface area contributed by atoms with E-state index in [1.807, 2.05) is 0 Å². The Balaban J connectivity index is 2.19. The third-order valence-electron chi connectivity index (χ3n) is 3.68. The number of furan rings is 1. The van der Waals surface area contributed by atoms with Crippen molar-refractivity contribution >= 4 is 5.97 Å². The Bertz CT molecular complexity index is 422. The molecule has 1 aromatic heterocycles. The van der Waals surface area contributed by atoms with Crippen LogP contribution in [-0.4, -0.2) is 28.1 Å². The van der Waals surface area contributed by atoms with Crippen LogP contribution in [0.25, 0.3) is 0 Å². The number of carboxylic acids is 1. The molecule has 2 rings (SSSR count). The summed E-state index contributed by atoms with van der Waals surface area (Å²) in [5.41, 5.74) is 0.162. The second-order valence-electron chi connectivity index (χ2n) is 5.29. The highest BCUT2D eigenvalue weighted by Gasteiger charge is 2.36. The molecule has 4 nitrogen and oxygen atoms in total. The molecule has 2 heterocycles. The molecule has 0 spiro atoms. The minimum atomic E-state index is -1.01. The lowest BCUT2D eigenvalue weighted by atomic mass is 10.0. The van der Waals surface area contributed by atoms with Gasteiger partial charge in [0.25, 0.3) is 0 Å². The summed E-state index contributed by atoms with van der Waals surface area (Å²) in [4.78, 5) is 13.2. The molecule has 1 aromatic rings. The van der Waals surface area contributed by atoms with Crippen molar-refractivity contribution in [1.82, 2.24) is 4.90 Å². The smallest absolute Gasteiger partial charge is 0.371 e. The van der Waals surface area contributed by atoms with E-state index in [1.54, 1.807) is 6.07 Å². The van der Waals surface area contributed by atoms with Crippen molar-refractivity contribution in [1.29, 1.82) is 0 Å². The molecule has 0 aliphatic carbocycles. The number of carbonyl (C=O) groups is 1. The summed E-state index contributed by atoms with van der Waals surface area (Å²) in [5, 5.41) is 8.84. The zero-order valence-electron chi connectivity index (χ0n) is 10.6. The molecule has 1 fully saturated rings. The zero-order valence-corrected chi connectivity index (χ0v) is 10.6. The molecule has 1 atom stereocenters. The topological polar surface area (TPSA) is 53.7 Å². The van der Waals surface area contributed by atoms with Gasteiger partial charge in [-0.2, -0.15) is 0 Å². The minimum Gasteiger partial charge on any atom is -0.475 e. The lowest BCUT2D eigenvalue weighted by Crippen LogP contribution is -2.39. The first-order valence-electron chi connectivity index (χ1n) is 6.01. The lowest BCUT2D eigenvalue weighted by molar-refractivity contribution is 0.0649. The van der Waals surface area contributed by atoms with Crippen molar-refractivity contribution in [2.24, 2.45) is 0 Å². The number of likely N-dealkylation sites (tertiary alicyclic amines) is 1. The van der Waals surface area contributed by atoms with Gasteiger partial charge >= 0.3 is 5.97 Å². The number of rotatable bonds is 3. The highest BCUT2D eigenvalue weighted by molar-refractivity contribution is 5.84. The van der Waals surface area contributed by atoms with Crippen molar-refractivity contribution in [3.8, 4) is 0 Å². The summed E-state index contributed by atoms with van der Waals surface area (Å²) >= 11 is 0. The number of nitrogens with zero attached hydrogens (tertiary/aromatic N) is 1. The first kappa shape index (κ1) is 12.2. The SMILES string of the molecule is CC(c1ccc(C(=O)O)o1)N1CCCC1(C)C. The normalized spacial score (nSPS) is 21.6. The molecule has 0 amide bonds. The van der Waals surface area contributed by atoms with Crippen LogP contribution in [0.2, 0.25) is 0 Å². The number of carboxylic acid groups (broad SMARTS) is 1. The first-order chi connectivity index (χ1) is 7.92. The Kier molecular flexibility index (Phi) is 3.00. The fourth-order valence-corrected chi connectivity index (χ4v) is 2.69. The molecule has 0 aromatic carbocycles. The van der Waals surface area contributed by atoms with Crippen LogP contribution in [0.1, 0.15) is 56.0 Å². The molecule has 0 radical (unpaired) electrons. The molecular formula is C13H19NO3. The molecule has 0 bridgehead atoms. The van der Waals surface area contributed by atoms with E-state index in [0.29, 0.717) is 0 Å². The van der Waals surface area contributed by atoms with E-state index in [4.69, 9.17) is 9.52 Å². The third-order valence-corrected chi connectivity index (χ3v) is 3.68. The van der Waals surface area contributed by atoms with Crippen LogP contribution < -0.4 is 0 Å². The Hall–Kier alpha value is -1.29. The van der Waals surface area contributed by atoms with Gasteiger partial charge in [-0.15, -0.1) is 0 Å². The molecule has 17 heavy (non-hydrogen) atoms. The fraction of sp³-hybridized carbons (Fsp3) is 0.615. The number of hydrogen-bond donors (Lipinski definition) is 1. The summed E-state index contributed by atoms with van der Waals surface area (Å²) in [6.07, 6.45) is 2.35. The highest BCUT2D eigenvalue weighted by atomic mass is 16.4. The van der Waals surface area contributed by atoms with Gasteiger partial charge in [0, 0.05) is 5.54 Å². The quantitative estimate of drug-likeness (QED) is 0.878. The molecule has 4 heteroatoms. The van der Waals surface area contributed by atoms with Gasteiger partial charge in [0.15, 0.2) is 0 Å². The summed E-state index contributed by atoms with van der Waals surface area (Å²) in [7, 11) is 0. The van der Waals surface area contributed by atoms with Crippen molar-refractivity contribution in [3.63, 3.8) is 0 Å². The molecule has 1 N–H and O–H groups in total. The van der Waals surface area contributed by atoms with Crippen molar-refractivity contribution < 1.29 is 14.3 Å². The lowest BCUT2D eigenvalue weighted by Gasteiger charge is -2.35. The number of aromatic carboxylic acids is 1. The molecule has 1 unspecified atom stereocenters. The van der Waals surface area contributed by atoms with E-state index in [9.17, 15) is 4.79 Å². The van der Waals surface area contributed by atoms with Gasteiger partial charge in [-0.25, -0.2) is 4.79 Å². The summed E-state index contributed by atoms with van der Waals surface area (Å²) in [6.45, 7) is 7.55. The maximum atomic E-state index is 10.8. The zero-order chi connectivity index (χ0) is 12.6. The Morgan fingerprint density at radius 3 is 2.71 bits per heavy atom. The predicted molar refractivity (Wildman–Crippen MR) is 64.1 cm³/mol. The Labute approximate surface area is 101 Å². The van der Waals surface area contributed by atoms with Crippen LogP contribution in [0.3, 0.4) is 0 Å². The monoisotopic (exact) mass is 237 g/mol. The Morgan fingerprint density at radius 1 is 1.53 bits per heavy atom. The van der Waals surface area contributed by atoms with Crippen LogP contribution >= 0.6 is 0 Å². The molecule has 0 saturated carbocycles. The van der Waals surface area contributed by atoms with E-state index in [1.165, 1.54) is 18.9 Å². The third kappa shape index (κ3) is 2.22. The van der Waals surface area contributed by atoms with Gasteiger partial charge in [0.05, 0.1) is 6.04 Å². The molecule has 1 saturated heterocycles. The summed E-state index contributed by atoms with van der Waals surface area (Å²) in [5.74, 6) is -0.259. The van der Waals surface area contributed by atoms with Crippen molar-refractivity contribution in [2.45, 2.75) is 45.2 Å². The summed E-state index contributed by atoms with van der Waals surface area (Å²) in [6, 6.07) is 3.42. The van der Waals surface area contributed by atoms with Gasteiger partial charge in [-0.05, 0) is 52.3 Å². The average Bonchev–Trinajstić information content (AvgIpc) is 2.82. The van der Waals surface area contributed by atoms with Gasteiger partial charge in [-0.3, -0.25) is 4.90 Å². The second-order valence-corrected chi connectivity index (χ2v) is 5.29. The highest BCUT2D eigenvalue weighted by Crippen LogP contribution is 2.36. The van der Waals surface area contributed by atoms with Crippen molar-refractivity contribution in [3.05, 3.63) is 23.7 Å². The maximum Gasteiger partial charge on any atom is 0.371 e. The van der Waals surface area contributed by atoms with Crippen molar-refractivity contribution in [2.75, 3.05) is 6.54 Å². The van der Waals surface area contributed by atoms with E-state index >= 15 is 0 Å². The Morgan fingerprint density at radius 2 is 2.24 bits per heavy atom. The summed E-state index contributed by atoms with van der Waals surface area (Å²) < 4.78 is 5.37. The number of hydrogen-bond acceptors (Lipinski definition) is 3. The average molecular weight is 237 g/mol. The van der Waals surface area contributed by atoms with E-state index < -0.39 is 5.97 Å². The molecule has 1 aliphatic heterocycles. The van der Waals surface area contributed by atoms with Crippen LogP contribution in [0, 0.1) is 0 Å². The maximum absolute atomic E-state index is 10.8. The van der Waals surface area contributed by atoms with Gasteiger partial charge in [0.2, 0.25) is 5.76 Å². The van der Waals surface area contributed by atoms with E-state index in [0.717, 1.165) is 12.3 Å². The van der Waals surface area contributed by atoms with Crippen LogP contribution in [-0.2, 0) is 0 Å². The van der Waals surface area contributed by atoms with E-state index in [-0.39, 0.29) is 17.3 Å². The molecule has 1 aliphatic rings. The fourth-order valence-electron chi connectivity index (χ4n) is 2.69. The van der Waals surface area contributed by atoms with Crippen LogP contribution in [0.5, 0.6) is 0 Å². The van der Waals surface area contributed by atoms with Gasteiger partial charge in [-0.1, -0.05) is 0 Å². The van der Waals surface area contributed by atoms with E-state index in [2.05, 4.69) is 25.7 Å². The molecule has 94 valence electrons. The second kappa shape index (κ2) is 4.18. The standard InChI is InChI=1S/C13H19NO3/c1-9(14-8-4-7-13(14,2)3)10-5-6-11(17-10)12(15)16/h5-6,9H,4,7-8H2,1-3H3,(H,15,16). The molecular weight excluding hydrogens is 218 g/mol. The van der Waals surface area contributed by atoms with Crippen LogP contribution in [0.15, 0.2) is 16.5 Å². The minimum absolute atomic E-state index is 0.0175. The van der Waals surface area contributed by atoms with Gasteiger partial charge < -0.3 is 9.52 Å². The predicted octanol–water partition coefficient (Wildman–Crippen LogP) is 2.91. The largest absolute Gasteiger partial charge is 0.475 e.